The van der Waals surface area contributed by atoms with Gasteiger partial charge in [0.05, 0.1) is 29.9 Å². The summed E-state index contributed by atoms with van der Waals surface area (Å²) in [5, 5.41) is 45.0. The van der Waals surface area contributed by atoms with Crippen molar-refractivity contribution < 1.29 is 39.9 Å². The number of carboxylic acids is 3. The maximum absolute atomic E-state index is 10.6. The van der Waals surface area contributed by atoms with Crippen molar-refractivity contribution in [1.82, 2.24) is 5.32 Å². The van der Waals surface area contributed by atoms with Crippen molar-refractivity contribution >= 4 is 17.9 Å². The van der Waals surface area contributed by atoms with Crippen LogP contribution in [-0.2, 0) is 0 Å². The normalized spacial score (nSPS) is 9.55. The van der Waals surface area contributed by atoms with Gasteiger partial charge in [0.25, 0.3) is 0 Å². The Kier molecular flexibility index (Phi) is 9.11. The van der Waals surface area contributed by atoms with Gasteiger partial charge >= 0.3 is 17.9 Å². The number of carbonyl (C=O) groups is 3. The molecule has 0 aliphatic rings. The molecule has 9 heteroatoms. The lowest BCUT2D eigenvalue weighted by molar-refractivity contribution is 0.0649. The van der Waals surface area contributed by atoms with Crippen molar-refractivity contribution in [1.29, 1.82) is 0 Å². The molecule has 9 nitrogen and oxygen atoms in total. The Balaban J connectivity index is 0.000000534. The molecule has 0 aliphatic carbocycles. The third-order valence-electron chi connectivity index (χ3n) is 2.30. The van der Waals surface area contributed by atoms with Crippen LogP contribution in [0.4, 0.5) is 0 Å². The smallest absolute Gasteiger partial charge is 0.336 e. The summed E-state index contributed by atoms with van der Waals surface area (Å²) in [6.07, 6.45) is 0. The lowest BCUT2D eigenvalue weighted by atomic mass is 10.0. The number of aliphatic hydroxyl groups excluding tert-OH is 2. The van der Waals surface area contributed by atoms with Crippen LogP contribution in [0.15, 0.2) is 18.2 Å². The van der Waals surface area contributed by atoms with Gasteiger partial charge in [-0.05, 0) is 18.2 Å². The molecule has 0 amide bonds. The molecular weight excluding hydrogens is 298 g/mol. The van der Waals surface area contributed by atoms with Crippen LogP contribution in [0, 0.1) is 0 Å². The minimum absolute atomic E-state index is 0.139. The lowest BCUT2D eigenvalue weighted by Crippen LogP contribution is -2.21. The molecule has 0 saturated carbocycles. The van der Waals surface area contributed by atoms with Gasteiger partial charge in [-0.1, -0.05) is 0 Å². The van der Waals surface area contributed by atoms with Gasteiger partial charge < -0.3 is 30.8 Å². The Morgan fingerprint density at radius 2 is 1.32 bits per heavy atom. The predicted molar refractivity (Wildman–Crippen MR) is 74.4 cm³/mol. The summed E-state index contributed by atoms with van der Waals surface area (Å²) in [7, 11) is 0. The summed E-state index contributed by atoms with van der Waals surface area (Å²) in [6.45, 7) is 1.42. The number of carboxylic acid groups (broad SMARTS) is 3. The summed E-state index contributed by atoms with van der Waals surface area (Å²) in [6, 6.07) is 2.81. The first-order chi connectivity index (χ1) is 10.3. The molecule has 0 aromatic heterocycles. The van der Waals surface area contributed by atoms with E-state index in [-0.39, 0.29) is 18.8 Å². The molecule has 1 rings (SSSR count). The van der Waals surface area contributed by atoms with E-state index in [2.05, 4.69) is 5.32 Å². The van der Waals surface area contributed by atoms with Gasteiger partial charge in [-0.2, -0.15) is 0 Å². The van der Waals surface area contributed by atoms with E-state index in [1.165, 1.54) is 0 Å². The van der Waals surface area contributed by atoms with Crippen LogP contribution >= 0.6 is 0 Å². The van der Waals surface area contributed by atoms with Crippen LogP contribution < -0.4 is 5.32 Å². The van der Waals surface area contributed by atoms with Gasteiger partial charge in [0, 0.05) is 13.1 Å². The van der Waals surface area contributed by atoms with Crippen molar-refractivity contribution in [2.24, 2.45) is 0 Å². The second-order valence-electron chi connectivity index (χ2n) is 3.87. The maximum Gasteiger partial charge on any atom is 0.336 e. The average molecular weight is 315 g/mol. The van der Waals surface area contributed by atoms with Crippen LogP contribution in [0.5, 0.6) is 0 Å². The number of benzene rings is 1. The van der Waals surface area contributed by atoms with Gasteiger partial charge in [-0.3, -0.25) is 0 Å². The Labute approximate surface area is 125 Å². The van der Waals surface area contributed by atoms with E-state index < -0.39 is 29.0 Å². The molecule has 1 aromatic carbocycles. The van der Waals surface area contributed by atoms with E-state index in [1.807, 2.05) is 0 Å². The fourth-order valence-corrected chi connectivity index (χ4v) is 1.32. The predicted octanol–water partition coefficient (Wildman–Crippen LogP) is -0.658. The molecule has 6 N–H and O–H groups in total. The van der Waals surface area contributed by atoms with Crippen LogP contribution in [0.25, 0.3) is 0 Å². The molecule has 0 heterocycles. The monoisotopic (exact) mass is 315 g/mol. The highest BCUT2D eigenvalue weighted by Crippen LogP contribution is 2.12. The zero-order valence-corrected chi connectivity index (χ0v) is 11.5. The first-order valence-corrected chi connectivity index (χ1v) is 6.11. The van der Waals surface area contributed by atoms with Crippen LogP contribution in [0.3, 0.4) is 0 Å². The van der Waals surface area contributed by atoms with Gasteiger partial charge in [0.15, 0.2) is 0 Å². The maximum atomic E-state index is 10.6. The first kappa shape index (κ1) is 19.5. The Hall–Kier alpha value is -2.49. The fraction of sp³-hybridized carbons (Fsp3) is 0.308. The van der Waals surface area contributed by atoms with E-state index in [0.717, 1.165) is 18.2 Å². The van der Waals surface area contributed by atoms with Crippen LogP contribution in [-0.4, -0.2) is 69.7 Å². The minimum Gasteiger partial charge on any atom is -0.478 e. The number of aliphatic hydroxyl groups is 2. The molecule has 0 spiro atoms. The second kappa shape index (κ2) is 10.3. The third-order valence-corrected chi connectivity index (χ3v) is 2.30. The van der Waals surface area contributed by atoms with Crippen molar-refractivity contribution in [3.63, 3.8) is 0 Å². The first-order valence-electron chi connectivity index (χ1n) is 6.11. The molecule has 0 atom stereocenters. The summed E-state index contributed by atoms with van der Waals surface area (Å²) < 4.78 is 0. The lowest BCUT2D eigenvalue weighted by Gasteiger charge is -2.02. The number of hydrogen-bond acceptors (Lipinski definition) is 6. The van der Waals surface area contributed by atoms with E-state index in [0.29, 0.717) is 13.1 Å². The quantitative estimate of drug-likeness (QED) is 0.358. The average Bonchev–Trinajstić information content (AvgIpc) is 2.47. The SMILES string of the molecule is O=C(O)c1ccc(C(=O)O)c(C(=O)O)c1.OCCNCCO. The van der Waals surface area contributed by atoms with E-state index >= 15 is 0 Å². The molecular formula is C13H17NO8. The van der Waals surface area contributed by atoms with Crippen molar-refractivity contribution in [2.75, 3.05) is 26.3 Å². The molecule has 1 aromatic rings. The number of hydrogen-bond donors (Lipinski definition) is 6. The molecule has 0 unspecified atom stereocenters. The summed E-state index contributed by atoms with van der Waals surface area (Å²) in [5.41, 5.74) is -1.24. The fourth-order valence-electron chi connectivity index (χ4n) is 1.32. The Morgan fingerprint density at radius 3 is 1.68 bits per heavy atom. The van der Waals surface area contributed by atoms with Crippen LogP contribution in [0.1, 0.15) is 31.1 Å². The van der Waals surface area contributed by atoms with E-state index in [1.54, 1.807) is 0 Å². The molecule has 0 radical (unpaired) electrons. The van der Waals surface area contributed by atoms with E-state index in [4.69, 9.17) is 25.5 Å². The Bertz CT molecular complexity index is 525. The summed E-state index contributed by atoms with van der Waals surface area (Å²) >= 11 is 0. The zero-order valence-electron chi connectivity index (χ0n) is 11.5. The number of nitrogens with one attached hydrogen (secondary N) is 1. The second-order valence-corrected chi connectivity index (χ2v) is 3.87. The van der Waals surface area contributed by atoms with Crippen molar-refractivity contribution in [3.8, 4) is 0 Å². The highest BCUT2D eigenvalue weighted by atomic mass is 16.4. The summed E-state index contributed by atoms with van der Waals surface area (Å²) in [5.74, 6) is -4.20. The third kappa shape index (κ3) is 6.79. The molecule has 0 bridgehead atoms. The van der Waals surface area contributed by atoms with Gasteiger partial charge in [-0.25, -0.2) is 14.4 Å². The van der Waals surface area contributed by atoms with Crippen molar-refractivity contribution in [3.05, 3.63) is 34.9 Å². The van der Waals surface area contributed by atoms with E-state index in [9.17, 15) is 14.4 Å². The molecule has 0 aliphatic heterocycles. The Morgan fingerprint density at radius 1 is 0.818 bits per heavy atom. The largest absolute Gasteiger partial charge is 0.478 e. The number of rotatable bonds is 7. The topological polar surface area (TPSA) is 164 Å². The molecule has 0 fully saturated rings. The molecule has 0 saturated heterocycles. The number of aromatic carboxylic acids is 3. The summed E-state index contributed by atoms with van der Waals surface area (Å²) in [4.78, 5) is 31.8. The zero-order chi connectivity index (χ0) is 17.1. The van der Waals surface area contributed by atoms with Gasteiger partial charge in [0.1, 0.15) is 0 Å². The van der Waals surface area contributed by atoms with Gasteiger partial charge in [0.2, 0.25) is 0 Å². The van der Waals surface area contributed by atoms with Crippen LogP contribution in [0.2, 0.25) is 0 Å². The standard InChI is InChI=1S/C9H6O6.C4H11NO2/c10-7(11)4-1-2-5(8(12)13)6(3-4)9(14)15;6-3-1-5-2-4-7/h1-3H,(H,10,11)(H,12,13)(H,14,15);5-7H,1-4H2. The highest BCUT2D eigenvalue weighted by Gasteiger charge is 2.17. The van der Waals surface area contributed by atoms with Crippen molar-refractivity contribution in [2.45, 2.75) is 0 Å². The highest BCUT2D eigenvalue weighted by molar-refractivity contribution is 6.03. The molecule has 22 heavy (non-hydrogen) atoms. The molecule has 122 valence electrons. The minimum atomic E-state index is -1.48. The van der Waals surface area contributed by atoms with Gasteiger partial charge in [-0.15, -0.1) is 0 Å².